The third-order valence-corrected chi connectivity index (χ3v) is 5.68. The Morgan fingerprint density at radius 1 is 1.38 bits per heavy atom. The van der Waals surface area contributed by atoms with Crippen LogP contribution in [0.2, 0.25) is 0 Å². The van der Waals surface area contributed by atoms with Gasteiger partial charge >= 0.3 is 0 Å². The fourth-order valence-electron chi connectivity index (χ4n) is 4.28. The van der Waals surface area contributed by atoms with E-state index >= 15 is 0 Å². The number of allylic oxidation sites excluding steroid dienone is 1. The number of pyridine rings is 1. The van der Waals surface area contributed by atoms with Gasteiger partial charge in [0.15, 0.2) is 0 Å². The van der Waals surface area contributed by atoms with E-state index in [0.29, 0.717) is 26.3 Å². The molecule has 0 aromatic carbocycles. The molecule has 1 spiro atoms. The number of amides is 1. The van der Waals surface area contributed by atoms with E-state index in [-0.39, 0.29) is 17.6 Å². The van der Waals surface area contributed by atoms with Gasteiger partial charge in [-0.2, -0.15) is 0 Å². The molecule has 0 radical (unpaired) electrons. The third kappa shape index (κ3) is 3.84. The van der Waals surface area contributed by atoms with Crippen LogP contribution in [0.15, 0.2) is 30.1 Å². The molecule has 0 bridgehead atoms. The lowest BCUT2D eigenvalue weighted by Gasteiger charge is -2.53. The van der Waals surface area contributed by atoms with Crippen LogP contribution < -0.4 is 0 Å². The van der Waals surface area contributed by atoms with Gasteiger partial charge in [0.25, 0.3) is 0 Å². The highest BCUT2D eigenvalue weighted by Crippen LogP contribution is 2.37. The van der Waals surface area contributed by atoms with Crippen LogP contribution in [0.25, 0.3) is 0 Å². The Labute approximate surface area is 155 Å². The highest BCUT2D eigenvalue weighted by Gasteiger charge is 2.49. The van der Waals surface area contributed by atoms with Gasteiger partial charge < -0.3 is 14.4 Å². The van der Waals surface area contributed by atoms with Crippen LogP contribution in [-0.4, -0.2) is 47.2 Å². The number of hydrogen-bond acceptors (Lipinski definition) is 4. The van der Waals surface area contributed by atoms with Crippen LogP contribution in [0.5, 0.6) is 0 Å². The van der Waals surface area contributed by atoms with Crippen molar-refractivity contribution < 1.29 is 14.3 Å². The second kappa shape index (κ2) is 7.49. The molecule has 1 aromatic rings. The van der Waals surface area contributed by atoms with E-state index in [1.165, 1.54) is 6.42 Å². The number of aromatic nitrogens is 1. The van der Waals surface area contributed by atoms with Gasteiger partial charge in [-0.05, 0) is 50.2 Å². The minimum Gasteiger partial charge on any atom is -0.373 e. The van der Waals surface area contributed by atoms with Crippen LogP contribution in [-0.2, 0) is 20.9 Å². The molecule has 4 rings (SSSR count). The molecule has 0 unspecified atom stereocenters. The van der Waals surface area contributed by atoms with Gasteiger partial charge in [-0.1, -0.05) is 12.1 Å². The zero-order valence-corrected chi connectivity index (χ0v) is 15.6. The quantitative estimate of drug-likeness (QED) is 0.831. The van der Waals surface area contributed by atoms with E-state index in [4.69, 9.17) is 9.47 Å². The molecule has 3 aliphatic rings. The molecule has 140 valence electrons. The average Bonchev–Trinajstić information content (AvgIpc) is 2.65. The zero-order chi connectivity index (χ0) is 18.0. The average molecular weight is 356 g/mol. The second-order valence-electron chi connectivity index (χ2n) is 7.96. The fraction of sp³-hybridized carbons (Fsp3) is 0.619. The maximum Gasteiger partial charge on any atom is 0.249 e. The number of nitrogens with zero attached hydrogens (tertiary/aromatic N) is 2. The first-order valence-corrected chi connectivity index (χ1v) is 9.78. The summed E-state index contributed by atoms with van der Waals surface area (Å²) in [4.78, 5) is 18.8. The first-order valence-electron chi connectivity index (χ1n) is 9.78. The Hall–Kier alpha value is -1.72. The summed E-state index contributed by atoms with van der Waals surface area (Å²) in [7, 11) is 0. The van der Waals surface area contributed by atoms with Gasteiger partial charge in [0.2, 0.25) is 5.91 Å². The van der Waals surface area contributed by atoms with Crippen molar-refractivity contribution >= 4 is 5.91 Å². The van der Waals surface area contributed by atoms with Crippen molar-refractivity contribution in [2.24, 2.45) is 0 Å². The standard InChI is InChI=1S/C21H28N2O3/c1-16-9-17(12-22-11-16)13-25-19-7-8-26-21(10-19)14-23(15-21)20(24)18-5-3-2-4-6-18/h5,9,11-12,19H,2-4,6-8,10,13-15H2,1H3/t19-/m0/s1. The smallest absolute Gasteiger partial charge is 0.249 e. The van der Waals surface area contributed by atoms with E-state index in [2.05, 4.69) is 17.1 Å². The monoisotopic (exact) mass is 356 g/mol. The SMILES string of the molecule is Cc1cncc(CO[C@H]2CCOC3(C2)CN(C(=O)C2=CCCCC2)C3)c1. The molecular weight excluding hydrogens is 328 g/mol. The van der Waals surface area contributed by atoms with E-state index in [0.717, 1.165) is 48.8 Å². The number of hydrogen-bond donors (Lipinski definition) is 0. The molecule has 1 atom stereocenters. The second-order valence-corrected chi connectivity index (χ2v) is 7.96. The van der Waals surface area contributed by atoms with Crippen LogP contribution in [0.1, 0.15) is 49.7 Å². The molecule has 0 saturated carbocycles. The summed E-state index contributed by atoms with van der Waals surface area (Å²) in [6.45, 7) is 4.75. The van der Waals surface area contributed by atoms with Crippen molar-refractivity contribution in [3.05, 3.63) is 41.2 Å². The Kier molecular flexibility index (Phi) is 5.09. The van der Waals surface area contributed by atoms with Crippen molar-refractivity contribution in [2.45, 2.75) is 63.8 Å². The van der Waals surface area contributed by atoms with Crippen molar-refractivity contribution in [2.75, 3.05) is 19.7 Å². The first-order chi connectivity index (χ1) is 12.6. The molecule has 2 saturated heterocycles. The van der Waals surface area contributed by atoms with Crippen molar-refractivity contribution in [1.82, 2.24) is 9.88 Å². The Balaban J connectivity index is 1.29. The summed E-state index contributed by atoms with van der Waals surface area (Å²) in [5.41, 5.74) is 3.07. The fourth-order valence-corrected chi connectivity index (χ4v) is 4.28. The minimum absolute atomic E-state index is 0.190. The largest absolute Gasteiger partial charge is 0.373 e. The van der Waals surface area contributed by atoms with Crippen LogP contribution >= 0.6 is 0 Å². The van der Waals surface area contributed by atoms with E-state index in [9.17, 15) is 4.79 Å². The highest BCUT2D eigenvalue weighted by atomic mass is 16.5. The number of likely N-dealkylation sites (tertiary alicyclic amines) is 1. The summed E-state index contributed by atoms with van der Waals surface area (Å²) in [5.74, 6) is 0.216. The third-order valence-electron chi connectivity index (χ3n) is 5.68. The summed E-state index contributed by atoms with van der Waals surface area (Å²) in [5, 5.41) is 0. The van der Waals surface area contributed by atoms with Gasteiger partial charge in [-0.25, -0.2) is 0 Å². The summed E-state index contributed by atoms with van der Waals surface area (Å²) >= 11 is 0. The Bertz CT molecular complexity index is 694. The van der Waals surface area contributed by atoms with E-state index in [1.807, 2.05) is 24.2 Å². The molecule has 2 fully saturated rings. The summed E-state index contributed by atoms with van der Waals surface area (Å²) < 4.78 is 12.2. The van der Waals surface area contributed by atoms with Crippen molar-refractivity contribution in [3.63, 3.8) is 0 Å². The van der Waals surface area contributed by atoms with Gasteiger partial charge in [-0.3, -0.25) is 9.78 Å². The van der Waals surface area contributed by atoms with Gasteiger partial charge in [0.05, 0.1) is 25.8 Å². The molecule has 3 heterocycles. The lowest BCUT2D eigenvalue weighted by Crippen LogP contribution is -2.67. The molecule has 5 nitrogen and oxygen atoms in total. The summed E-state index contributed by atoms with van der Waals surface area (Å²) in [6, 6.07) is 2.11. The maximum atomic E-state index is 12.6. The zero-order valence-electron chi connectivity index (χ0n) is 15.6. The Morgan fingerprint density at radius 3 is 3.04 bits per heavy atom. The van der Waals surface area contributed by atoms with Crippen molar-refractivity contribution in [3.8, 4) is 0 Å². The number of carbonyl (C=O) groups is 1. The molecule has 0 N–H and O–H groups in total. The van der Waals surface area contributed by atoms with Gasteiger partial charge in [0.1, 0.15) is 5.60 Å². The molecule has 1 aromatic heterocycles. The predicted octanol–water partition coefficient (Wildman–Crippen LogP) is 3.17. The summed E-state index contributed by atoms with van der Waals surface area (Å²) in [6.07, 6.45) is 12.1. The normalized spacial score (nSPS) is 24.9. The molecule has 26 heavy (non-hydrogen) atoms. The van der Waals surface area contributed by atoms with E-state index in [1.54, 1.807) is 0 Å². The van der Waals surface area contributed by atoms with Gasteiger partial charge in [0, 0.05) is 31.0 Å². The number of carbonyl (C=O) groups excluding carboxylic acids is 1. The van der Waals surface area contributed by atoms with Gasteiger partial charge in [-0.15, -0.1) is 0 Å². The lowest BCUT2D eigenvalue weighted by atomic mass is 9.83. The minimum atomic E-state index is -0.196. The molecule has 2 aliphatic heterocycles. The number of aryl methyl sites for hydroxylation is 1. The number of ether oxygens (including phenoxy) is 2. The maximum absolute atomic E-state index is 12.6. The number of rotatable bonds is 4. The van der Waals surface area contributed by atoms with Crippen LogP contribution in [0.4, 0.5) is 0 Å². The van der Waals surface area contributed by atoms with Crippen LogP contribution in [0.3, 0.4) is 0 Å². The Morgan fingerprint density at radius 2 is 2.27 bits per heavy atom. The van der Waals surface area contributed by atoms with Crippen LogP contribution in [0, 0.1) is 6.92 Å². The van der Waals surface area contributed by atoms with E-state index < -0.39 is 0 Å². The molecular formula is C21H28N2O3. The highest BCUT2D eigenvalue weighted by molar-refractivity contribution is 5.94. The topological polar surface area (TPSA) is 51.7 Å². The van der Waals surface area contributed by atoms with Crippen molar-refractivity contribution in [1.29, 1.82) is 0 Å². The molecule has 5 heteroatoms. The first kappa shape index (κ1) is 17.7. The molecule has 1 aliphatic carbocycles. The predicted molar refractivity (Wildman–Crippen MR) is 98.6 cm³/mol. The molecule has 1 amide bonds. The lowest BCUT2D eigenvalue weighted by molar-refractivity contribution is -0.200.